The lowest BCUT2D eigenvalue weighted by Crippen LogP contribution is -2.22. The van der Waals surface area contributed by atoms with Crippen molar-refractivity contribution < 1.29 is 0 Å². The van der Waals surface area contributed by atoms with E-state index in [4.69, 9.17) is 5.73 Å². The molecule has 0 aliphatic heterocycles. The van der Waals surface area contributed by atoms with E-state index in [2.05, 4.69) is 48.2 Å². The van der Waals surface area contributed by atoms with E-state index in [-0.39, 0.29) is 0 Å². The van der Waals surface area contributed by atoms with E-state index in [9.17, 15) is 0 Å². The molecular formula is C16H20N2. The van der Waals surface area contributed by atoms with Gasteiger partial charge in [-0.15, -0.1) is 0 Å². The molecule has 0 aliphatic carbocycles. The maximum Gasteiger partial charge on any atom is 0.0359 e. The van der Waals surface area contributed by atoms with Crippen LogP contribution in [0.25, 0.3) is 0 Å². The first-order valence-electron chi connectivity index (χ1n) is 6.39. The molecule has 2 N–H and O–H groups in total. The fraction of sp³-hybridized carbons (Fsp3) is 0.250. The predicted molar refractivity (Wildman–Crippen MR) is 77.1 cm³/mol. The molecule has 0 amide bonds. The van der Waals surface area contributed by atoms with E-state index in [0.29, 0.717) is 0 Å². The summed E-state index contributed by atoms with van der Waals surface area (Å²) in [5, 5.41) is 0. The number of nitrogens with two attached hydrogens (primary N) is 1. The molecule has 0 atom stereocenters. The zero-order chi connectivity index (χ0) is 12.8. The molecule has 94 valence electrons. The Morgan fingerprint density at radius 2 is 1.56 bits per heavy atom. The molecule has 0 unspecified atom stereocenters. The molecule has 0 fully saturated rings. The Balaban J connectivity index is 2.04. The fourth-order valence-electron chi connectivity index (χ4n) is 2.04. The third-order valence-corrected chi connectivity index (χ3v) is 3.15. The van der Waals surface area contributed by atoms with E-state index in [1.54, 1.807) is 0 Å². The van der Waals surface area contributed by atoms with Gasteiger partial charge in [-0.25, -0.2) is 0 Å². The molecule has 0 spiro atoms. The number of nitrogens with zero attached hydrogens (tertiary/aromatic N) is 1. The van der Waals surface area contributed by atoms with E-state index in [1.807, 2.05) is 18.2 Å². The van der Waals surface area contributed by atoms with Gasteiger partial charge >= 0.3 is 0 Å². The quantitative estimate of drug-likeness (QED) is 0.813. The van der Waals surface area contributed by atoms with Crippen LogP contribution in [0.3, 0.4) is 0 Å². The Morgan fingerprint density at radius 3 is 2.22 bits per heavy atom. The largest absolute Gasteiger partial charge is 0.398 e. The predicted octanol–water partition coefficient (Wildman–Crippen LogP) is 3.29. The summed E-state index contributed by atoms with van der Waals surface area (Å²) < 4.78 is 0. The third kappa shape index (κ3) is 3.34. The number of anilines is 1. The summed E-state index contributed by atoms with van der Waals surface area (Å²) in [6, 6.07) is 18.6. The summed E-state index contributed by atoms with van der Waals surface area (Å²) in [4.78, 5) is 2.39. The molecule has 0 aromatic heterocycles. The van der Waals surface area contributed by atoms with Crippen LogP contribution >= 0.6 is 0 Å². The van der Waals surface area contributed by atoms with Gasteiger partial charge < -0.3 is 5.73 Å². The van der Waals surface area contributed by atoms with E-state index in [1.165, 1.54) is 11.1 Å². The summed E-state index contributed by atoms with van der Waals surface area (Å²) in [6.45, 7) is 5.06. The van der Waals surface area contributed by atoms with Gasteiger partial charge in [-0.3, -0.25) is 4.90 Å². The van der Waals surface area contributed by atoms with E-state index in [0.717, 1.165) is 25.3 Å². The lowest BCUT2D eigenvalue weighted by molar-refractivity contribution is 0.272. The highest BCUT2D eigenvalue weighted by Crippen LogP contribution is 2.15. The molecule has 0 saturated carbocycles. The van der Waals surface area contributed by atoms with Crippen molar-refractivity contribution in [2.45, 2.75) is 20.0 Å². The minimum absolute atomic E-state index is 0.879. The van der Waals surface area contributed by atoms with Crippen molar-refractivity contribution in [1.29, 1.82) is 0 Å². The minimum atomic E-state index is 0.879. The first-order chi connectivity index (χ1) is 8.79. The van der Waals surface area contributed by atoms with Gasteiger partial charge in [-0.2, -0.15) is 0 Å². The zero-order valence-corrected chi connectivity index (χ0v) is 10.8. The van der Waals surface area contributed by atoms with Crippen LogP contribution < -0.4 is 5.73 Å². The zero-order valence-electron chi connectivity index (χ0n) is 10.8. The fourth-order valence-corrected chi connectivity index (χ4v) is 2.04. The smallest absolute Gasteiger partial charge is 0.0359 e. The molecule has 2 heteroatoms. The summed E-state index contributed by atoms with van der Waals surface area (Å²) in [5.74, 6) is 0. The maximum absolute atomic E-state index is 5.99. The Bertz CT molecular complexity index is 479. The molecule has 2 nitrogen and oxygen atoms in total. The van der Waals surface area contributed by atoms with Gasteiger partial charge in [-0.05, 0) is 23.7 Å². The topological polar surface area (TPSA) is 29.3 Å². The van der Waals surface area contributed by atoms with Crippen LogP contribution in [0.1, 0.15) is 18.1 Å². The van der Waals surface area contributed by atoms with Crippen molar-refractivity contribution in [1.82, 2.24) is 4.90 Å². The highest BCUT2D eigenvalue weighted by Gasteiger charge is 2.06. The van der Waals surface area contributed by atoms with E-state index < -0.39 is 0 Å². The molecule has 0 saturated heterocycles. The Morgan fingerprint density at radius 1 is 0.889 bits per heavy atom. The van der Waals surface area contributed by atoms with Crippen molar-refractivity contribution in [3.05, 3.63) is 65.7 Å². The Labute approximate surface area is 109 Å². The second-order valence-corrected chi connectivity index (χ2v) is 4.49. The SMILES string of the molecule is CCN(Cc1ccccc1)Cc1ccccc1N. The van der Waals surface area contributed by atoms with Crippen molar-refractivity contribution >= 4 is 5.69 Å². The van der Waals surface area contributed by atoms with Crippen LogP contribution in [0.4, 0.5) is 5.69 Å². The summed E-state index contributed by atoms with van der Waals surface area (Å²) in [7, 11) is 0. The first kappa shape index (κ1) is 12.7. The Kier molecular flexibility index (Phi) is 4.37. The lowest BCUT2D eigenvalue weighted by atomic mass is 10.1. The van der Waals surface area contributed by atoms with Crippen LogP contribution in [-0.2, 0) is 13.1 Å². The molecule has 0 bridgehead atoms. The number of nitrogen functional groups attached to an aromatic ring is 1. The van der Waals surface area contributed by atoms with Crippen LogP contribution in [0.2, 0.25) is 0 Å². The average Bonchev–Trinajstić information content (AvgIpc) is 2.41. The molecular weight excluding hydrogens is 220 g/mol. The van der Waals surface area contributed by atoms with Gasteiger partial charge in [-0.1, -0.05) is 55.5 Å². The summed E-state index contributed by atoms with van der Waals surface area (Å²) in [6.07, 6.45) is 0. The van der Waals surface area contributed by atoms with Gasteiger partial charge in [0.05, 0.1) is 0 Å². The number of rotatable bonds is 5. The second kappa shape index (κ2) is 6.22. The van der Waals surface area contributed by atoms with Crippen molar-refractivity contribution in [2.24, 2.45) is 0 Å². The maximum atomic E-state index is 5.99. The normalized spacial score (nSPS) is 10.8. The van der Waals surface area contributed by atoms with Gasteiger partial charge in [0.25, 0.3) is 0 Å². The van der Waals surface area contributed by atoms with Gasteiger partial charge in [0, 0.05) is 18.8 Å². The van der Waals surface area contributed by atoms with Gasteiger partial charge in [0.2, 0.25) is 0 Å². The average molecular weight is 240 g/mol. The van der Waals surface area contributed by atoms with Crippen molar-refractivity contribution in [3.63, 3.8) is 0 Å². The lowest BCUT2D eigenvalue weighted by Gasteiger charge is -2.21. The number of para-hydroxylation sites is 1. The molecule has 2 aromatic rings. The number of hydrogen-bond acceptors (Lipinski definition) is 2. The summed E-state index contributed by atoms with van der Waals surface area (Å²) >= 11 is 0. The van der Waals surface area contributed by atoms with Crippen LogP contribution in [0.5, 0.6) is 0 Å². The van der Waals surface area contributed by atoms with Crippen molar-refractivity contribution in [3.8, 4) is 0 Å². The minimum Gasteiger partial charge on any atom is -0.398 e. The van der Waals surface area contributed by atoms with Crippen LogP contribution in [-0.4, -0.2) is 11.4 Å². The molecule has 18 heavy (non-hydrogen) atoms. The first-order valence-corrected chi connectivity index (χ1v) is 6.39. The highest BCUT2D eigenvalue weighted by molar-refractivity contribution is 5.46. The number of hydrogen-bond donors (Lipinski definition) is 1. The number of benzene rings is 2. The van der Waals surface area contributed by atoms with E-state index >= 15 is 0 Å². The molecule has 0 aliphatic rings. The monoisotopic (exact) mass is 240 g/mol. The van der Waals surface area contributed by atoms with Crippen LogP contribution in [0.15, 0.2) is 54.6 Å². The van der Waals surface area contributed by atoms with Crippen molar-refractivity contribution in [2.75, 3.05) is 12.3 Å². The van der Waals surface area contributed by atoms with Crippen LogP contribution in [0, 0.1) is 0 Å². The molecule has 2 rings (SSSR count). The summed E-state index contributed by atoms with van der Waals surface area (Å²) in [5.41, 5.74) is 9.41. The standard InChI is InChI=1S/C16H20N2/c1-2-18(12-14-8-4-3-5-9-14)13-15-10-6-7-11-16(15)17/h3-11H,2,12-13,17H2,1H3. The molecule has 2 aromatic carbocycles. The van der Waals surface area contributed by atoms with Gasteiger partial charge in [0.1, 0.15) is 0 Å². The molecule has 0 radical (unpaired) electrons. The second-order valence-electron chi connectivity index (χ2n) is 4.49. The Hall–Kier alpha value is -1.80. The highest BCUT2D eigenvalue weighted by atomic mass is 15.1. The van der Waals surface area contributed by atoms with Gasteiger partial charge in [0.15, 0.2) is 0 Å². The third-order valence-electron chi connectivity index (χ3n) is 3.15. The molecule has 0 heterocycles.